The number of hydrogen-bond acceptors (Lipinski definition) is 6. The van der Waals surface area contributed by atoms with Crippen LogP contribution >= 0.6 is 0 Å². The smallest absolute Gasteiger partial charge is 0.0701 e. The van der Waals surface area contributed by atoms with Crippen LogP contribution in [0.3, 0.4) is 0 Å². The summed E-state index contributed by atoms with van der Waals surface area (Å²) in [6.07, 6.45) is 22.4. The fourth-order valence-electron chi connectivity index (χ4n) is 4.00. The van der Waals surface area contributed by atoms with Crippen molar-refractivity contribution in [1.82, 2.24) is 0 Å². The molecule has 0 atom stereocenters. The van der Waals surface area contributed by atoms with Crippen LogP contribution in [0.15, 0.2) is 0 Å². The molecule has 0 aliphatic carbocycles. The molecule has 0 saturated heterocycles. The number of unbranched alkanes of at least 4 members (excludes halogenated alkanes) is 15. The zero-order chi connectivity index (χ0) is 26.0. The lowest BCUT2D eigenvalue weighted by Gasteiger charge is -2.08. The normalized spacial score (nSPS) is 11.5. The first-order valence-electron chi connectivity index (χ1n) is 15.4. The Bertz CT molecular complexity index is 335. The van der Waals surface area contributed by atoms with E-state index in [1.54, 1.807) is 0 Å². The third-order valence-electron chi connectivity index (χ3n) is 6.21. The van der Waals surface area contributed by atoms with E-state index in [9.17, 15) is 0 Å². The van der Waals surface area contributed by atoms with Crippen LogP contribution in [-0.4, -0.2) is 79.3 Å². The van der Waals surface area contributed by atoms with Crippen molar-refractivity contribution < 1.29 is 28.4 Å². The molecule has 0 spiro atoms. The molecule has 6 nitrogen and oxygen atoms in total. The van der Waals surface area contributed by atoms with Crippen LogP contribution in [0.2, 0.25) is 0 Å². The van der Waals surface area contributed by atoms with Gasteiger partial charge in [-0.1, -0.05) is 103 Å². The third kappa shape index (κ3) is 33.8. The Balaban J connectivity index is 3.00. The molecule has 0 fully saturated rings. The summed E-state index contributed by atoms with van der Waals surface area (Å²) >= 11 is 0. The van der Waals surface area contributed by atoms with Gasteiger partial charge in [-0.05, 0) is 13.3 Å². The molecule has 218 valence electrons. The highest BCUT2D eigenvalue weighted by atomic mass is 16.6. The highest BCUT2D eigenvalue weighted by molar-refractivity contribution is 4.50. The second kappa shape index (κ2) is 34.8. The van der Waals surface area contributed by atoms with E-state index >= 15 is 0 Å². The van der Waals surface area contributed by atoms with Crippen LogP contribution in [0.1, 0.15) is 117 Å². The van der Waals surface area contributed by atoms with Crippen molar-refractivity contribution in [1.29, 1.82) is 0 Å². The lowest BCUT2D eigenvalue weighted by Crippen LogP contribution is -2.14. The molecule has 0 aliphatic heterocycles. The van der Waals surface area contributed by atoms with E-state index in [1.165, 1.54) is 103 Å². The maximum atomic E-state index is 5.66. The molecule has 0 aliphatic rings. The molecule has 0 aromatic heterocycles. The van der Waals surface area contributed by atoms with Gasteiger partial charge in [0, 0.05) is 13.2 Å². The van der Waals surface area contributed by atoms with Gasteiger partial charge in [-0.25, -0.2) is 0 Å². The van der Waals surface area contributed by atoms with Gasteiger partial charge in [0.25, 0.3) is 0 Å². The summed E-state index contributed by atoms with van der Waals surface area (Å²) < 4.78 is 32.7. The summed E-state index contributed by atoms with van der Waals surface area (Å²) in [4.78, 5) is 0. The largest absolute Gasteiger partial charge is 0.379 e. The van der Waals surface area contributed by atoms with E-state index in [0.717, 1.165) is 13.2 Å². The Labute approximate surface area is 224 Å². The SMILES string of the molecule is CCCCCCCCCCCCCCCCCCOCCOCCOCCOCCOCCOCC. The van der Waals surface area contributed by atoms with E-state index in [2.05, 4.69) is 6.92 Å². The van der Waals surface area contributed by atoms with Crippen molar-refractivity contribution >= 4 is 0 Å². The minimum Gasteiger partial charge on any atom is -0.379 e. The Morgan fingerprint density at radius 1 is 0.250 bits per heavy atom. The predicted molar refractivity (Wildman–Crippen MR) is 150 cm³/mol. The van der Waals surface area contributed by atoms with Crippen molar-refractivity contribution in [3.8, 4) is 0 Å². The fourth-order valence-corrected chi connectivity index (χ4v) is 4.00. The van der Waals surface area contributed by atoms with Crippen LogP contribution in [0, 0.1) is 0 Å². The molecule has 0 amide bonds. The molecule has 36 heavy (non-hydrogen) atoms. The van der Waals surface area contributed by atoms with Gasteiger partial charge in [0.1, 0.15) is 0 Å². The van der Waals surface area contributed by atoms with Gasteiger partial charge in [0.15, 0.2) is 0 Å². The highest BCUT2D eigenvalue weighted by Crippen LogP contribution is 2.13. The van der Waals surface area contributed by atoms with Crippen LogP contribution < -0.4 is 0 Å². The topological polar surface area (TPSA) is 55.4 Å². The standard InChI is InChI=1S/C30H62O6/c1-3-5-6-7-8-9-10-11-12-13-14-15-16-17-18-19-20-32-23-24-34-27-28-36-30-29-35-26-25-33-22-21-31-4-2/h3-30H2,1-2H3. The minimum atomic E-state index is 0.581. The average Bonchev–Trinajstić information content (AvgIpc) is 2.89. The van der Waals surface area contributed by atoms with Crippen molar-refractivity contribution in [2.24, 2.45) is 0 Å². The molecular weight excluding hydrogens is 456 g/mol. The summed E-state index contributed by atoms with van der Waals surface area (Å²) in [5.74, 6) is 0. The maximum Gasteiger partial charge on any atom is 0.0701 e. The van der Waals surface area contributed by atoms with E-state index in [4.69, 9.17) is 28.4 Å². The van der Waals surface area contributed by atoms with Crippen LogP contribution in [0.4, 0.5) is 0 Å². The van der Waals surface area contributed by atoms with Gasteiger partial charge in [-0.15, -0.1) is 0 Å². The first-order valence-corrected chi connectivity index (χ1v) is 15.4. The lowest BCUT2D eigenvalue weighted by atomic mass is 10.0. The third-order valence-corrected chi connectivity index (χ3v) is 6.21. The molecule has 0 rings (SSSR count). The van der Waals surface area contributed by atoms with E-state index < -0.39 is 0 Å². The molecule has 0 bridgehead atoms. The average molecular weight is 519 g/mol. The van der Waals surface area contributed by atoms with Crippen LogP contribution in [-0.2, 0) is 28.4 Å². The second-order valence-electron chi connectivity index (χ2n) is 9.56. The number of rotatable bonds is 33. The fraction of sp³-hybridized carbons (Fsp3) is 1.00. The number of ether oxygens (including phenoxy) is 6. The molecule has 0 saturated carbocycles. The second-order valence-corrected chi connectivity index (χ2v) is 9.56. The molecule has 6 heteroatoms. The quantitative estimate of drug-likeness (QED) is 0.0846. The molecular formula is C30H62O6. The highest BCUT2D eigenvalue weighted by Gasteiger charge is 1.96. The van der Waals surface area contributed by atoms with Gasteiger partial charge in [-0.2, -0.15) is 0 Å². The number of hydrogen-bond donors (Lipinski definition) is 0. The Kier molecular flexibility index (Phi) is 34.5. The van der Waals surface area contributed by atoms with Gasteiger partial charge >= 0.3 is 0 Å². The van der Waals surface area contributed by atoms with E-state index in [1.807, 2.05) is 6.92 Å². The predicted octanol–water partition coefficient (Wildman–Crippen LogP) is 7.37. The molecule has 0 aromatic rings. The maximum absolute atomic E-state index is 5.66. The zero-order valence-corrected chi connectivity index (χ0v) is 24.2. The zero-order valence-electron chi connectivity index (χ0n) is 24.2. The molecule has 0 radical (unpaired) electrons. The Morgan fingerprint density at radius 3 is 0.806 bits per heavy atom. The monoisotopic (exact) mass is 518 g/mol. The summed E-state index contributed by atoms with van der Waals surface area (Å²) in [6, 6.07) is 0. The Morgan fingerprint density at radius 2 is 0.500 bits per heavy atom. The van der Waals surface area contributed by atoms with Crippen molar-refractivity contribution in [2.75, 3.05) is 79.3 Å². The van der Waals surface area contributed by atoms with Gasteiger partial charge in [-0.3, -0.25) is 0 Å². The van der Waals surface area contributed by atoms with Crippen molar-refractivity contribution in [3.05, 3.63) is 0 Å². The molecule has 0 heterocycles. The first-order chi connectivity index (χ1) is 17.9. The first kappa shape index (κ1) is 35.8. The minimum absolute atomic E-state index is 0.581. The summed E-state index contributed by atoms with van der Waals surface area (Å²) in [7, 11) is 0. The molecule has 0 aromatic carbocycles. The van der Waals surface area contributed by atoms with Crippen molar-refractivity contribution in [3.63, 3.8) is 0 Å². The molecule has 0 N–H and O–H groups in total. The van der Waals surface area contributed by atoms with Gasteiger partial charge in [0.05, 0.1) is 66.1 Å². The van der Waals surface area contributed by atoms with Crippen LogP contribution in [0.5, 0.6) is 0 Å². The van der Waals surface area contributed by atoms with Crippen molar-refractivity contribution in [2.45, 2.75) is 117 Å². The van der Waals surface area contributed by atoms with Gasteiger partial charge in [0.2, 0.25) is 0 Å². The van der Waals surface area contributed by atoms with Gasteiger partial charge < -0.3 is 28.4 Å². The Hall–Kier alpha value is -0.240. The summed E-state index contributed by atoms with van der Waals surface area (Å²) in [5.41, 5.74) is 0. The lowest BCUT2D eigenvalue weighted by molar-refractivity contribution is -0.0163. The molecule has 0 unspecified atom stereocenters. The summed E-state index contributed by atoms with van der Waals surface area (Å²) in [5, 5.41) is 0. The van der Waals surface area contributed by atoms with E-state index in [-0.39, 0.29) is 0 Å². The van der Waals surface area contributed by atoms with Crippen LogP contribution in [0.25, 0.3) is 0 Å². The summed E-state index contributed by atoms with van der Waals surface area (Å²) in [6.45, 7) is 12.0. The van der Waals surface area contributed by atoms with E-state index in [0.29, 0.717) is 66.1 Å².